The molecule has 0 saturated heterocycles. The Kier molecular flexibility index (Phi) is 45.0. The number of aliphatic imine (C=N–C) groups is 2. The van der Waals surface area contributed by atoms with Gasteiger partial charge in [0.15, 0.2) is 0 Å². The lowest BCUT2D eigenvalue weighted by atomic mass is 9.75. The maximum absolute atomic E-state index is 14.9. The Labute approximate surface area is 704 Å². The normalized spacial score (nSPS) is 13.2. The SMILES string of the molecule is C=CCCCCCCCCCOc1cc(C=N[C@H](C)C(O)(c2cc(C(C)(C)C)ccc2OCCCCCCCC)c2cc(C(C)(C)C)ccc2OCCCCCCCC)c(O)c(C=N[C@H](C)C(O)(c2cc(C(C)(C)C)ccc2OCCCCCCCC)c2cc(C(C)(C)C)ccc2OCCCCCCCC)c1CCCCCCCC. The van der Waals surface area contributed by atoms with Crippen LogP contribution in [0.25, 0.3) is 0 Å². The molecule has 3 N–H and O–H groups in total. The summed E-state index contributed by atoms with van der Waals surface area (Å²) in [5.74, 6) is 3.10. The van der Waals surface area contributed by atoms with E-state index in [1.807, 2.05) is 32.2 Å². The zero-order valence-electron chi connectivity index (χ0n) is 77.0. The van der Waals surface area contributed by atoms with Crippen LogP contribution < -0.4 is 23.7 Å². The highest BCUT2D eigenvalue weighted by atomic mass is 16.5. The molecule has 0 aliphatic rings. The summed E-state index contributed by atoms with van der Waals surface area (Å²) in [5.41, 5.74) is 3.64. The molecule has 0 unspecified atom stereocenters. The van der Waals surface area contributed by atoms with Gasteiger partial charge in [-0.25, -0.2) is 0 Å². The first-order valence-electron chi connectivity index (χ1n) is 46.7. The van der Waals surface area contributed by atoms with Crippen LogP contribution in [-0.4, -0.2) is 72.9 Å². The van der Waals surface area contributed by atoms with Gasteiger partial charge in [0.25, 0.3) is 0 Å². The van der Waals surface area contributed by atoms with Gasteiger partial charge in [-0.3, -0.25) is 9.98 Å². The third-order valence-electron chi connectivity index (χ3n) is 23.6. The van der Waals surface area contributed by atoms with Crippen LogP contribution in [-0.2, 0) is 39.3 Å². The van der Waals surface area contributed by atoms with Crippen LogP contribution in [0.5, 0.6) is 34.5 Å². The number of ether oxygens (including phenoxy) is 5. The molecule has 5 aromatic rings. The van der Waals surface area contributed by atoms with Crippen molar-refractivity contribution in [3.05, 3.63) is 153 Å². The highest BCUT2D eigenvalue weighted by Crippen LogP contribution is 2.50. The van der Waals surface area contributed by atoms with Gasteiger partial charge < -0.3 is 39.0 Å². The van der Waals surface area contributed by atoms with Crippen molar-refractivity contribution in [2.75, 3.05) is 33.0 Å². The molecular weight excluding hydrogens is 1420 g/mol. The molecule has 0 spiro atoms. The smallest absolute Gasteiger partial charge is 0.144 e. The van der Waals surface area contributed by atoms with E-state index in [0.717, 1.165) is 163 Å². The number of aromatic hydroxyl groups is 1. The number of benzene rings is 5. The van der Waals surface area contributed by atoms with E-state index in [4.69, 9.17) is 33.7 Å². The molecule has 0 radical (unpaired) electrons. The maximum atomic E-state index is 14.9. The molecule has 5 rings (SSSR count). The van der Waals surface area contributed by atoms with Gasteiger partial charge in [-0.1, -0.05) is 341 Å². The number of hydrogen-bond acceptors (Lipinski definition) is 10. The summed E-state index contributed by atoms with van der Waals surface area (Å²) in [5, 5.41) is 43.5. The molecular formula is C105H168N2O8. The van der Waals surface area contributed by atoms with Crippen LogP contribution in [0.2, 0.25) is 0 Å². The van der Waals surface area contributed by atoms with Crippen molar-refractivity contribution in [3.8, 4) is 34.5 Å². The standard InChI is InChI=1S/C105H168N2O8/c1-21-27-33-39-45-46-47-53-59-73-115-98-74-83(79-106-81(7)104(109,90-75-84(100(9,10)11)61-65-94(90)111-69-55-49-41-35-29-23-3)91-76-85(101(12,13)14)62-66-95(91)112-70-56-50-42-36-30-24-4)99(108)89(88(98)60-54-48-40-34-28-22-2)80-107-82(8)105(110,92-77-86(102(15,16)17)63-67-96(92)113-71-57-51-43-37-31-25-5)93-78-87(103(18,19)20)64-68-97(93)114-72-58-52-44-38-32-26-6/h21,61-68,74-82,108-110H,1,22-60,69-73H2,2-20H3/t81-,82-/m1/s1. The van der Waals surface area contributed by atoms with E-state index in [1.54, 1.807) is 6.21 Å². The van der Waals surface area contributed by atoms with E-state index < -0.39 is 23.3 Å². The first-order chi connectivity index (χ1) is 55.0. The number of aliphatic hydroxyl groups is 2. The average Bonchev–Trinajstić information content (AvgIpc) is 0.751. The lowest BCUT2D eigenvalue weighted by molar-refractivity contribution is 0.0516. The van der Waals surface area contributed by atoms with Crippen molar-refractivity contribution in [2.24, 2.45) is 9.98 Å². The van der Waals surface area contributed by atoms with Crippen molar-refractivity contribution in [2.45, 2.75) is 427 Å². The van der Waals surface area contributed by atoms with Crippen molar-refractivity contribution in [1.82, 2.24) is 0 Å². The predicted octanol–water partition coefficient (Wildman–Crippen LogP) is 29.6. The summed E-state index contributed by atoms with van der Waals surface area (Å²) in [7, 11) is 0. The predicted molar refractivity (Wildman–Crippen MR) is 494 cm³/mol. The van der Waals surface area contributed by atoms with Gasteiger partial charge in [-0.05, 0) is 170 Å². The Bertz CT molecular complexity index is 3430. The summed E-state index contributed by atoms with van der Waals surface area (Å²) in [6.07, 6.45) is 48.4. The zero-order chi connectivity index (χ0) is 84.3. The van der Waals surface area contributed by atoms with Crippen LogP contribution >= 0.6 is 0 Å². The Morgan fingerprint density at radius 2 is 0.583 bits per heavy atom. The topological polar surface area (TPSA) is 132 Å². The van der Waals surface area contributed by atoms with Gasteiger partial charge in [-0.2, -0.15) is 0 Å². The van der Waals surface area contributed by atoms with Crippen LogP contribution in [0.4, 0.5) is 0 Å². The minimum atomic E-state index is -1.85. The van der Waals surface area contributed by atoms with Gasteiger partial charge in [0.05, 0.1) is 45.1 Å². The summed E-state index contributed by atoms with van der Waals surface area (Å²) >= 11 is 0. The number of nitrogens with zero attached hydrogens (tertiary/aromatic N) is 2. The second kappa shape index (κ2) is 52.1. The average molecular weight is 1590 g/mol. The molecule has 10 heteroatoms. The lowest BCUT2D eigenvalue weighted by Crippen LogP contribution is -2.39. The van der Waals surface area contributed by atoms with Crippen molar-refractivity contribution >= 4 is 12.4 Å². The molecule has 646 valence electrons. The summed E-state index contributed by atoms with van der Waals surface area (Å²) < 4.78 is 35.2. The summed E-state index contributed by atoms with van der Waals surface area (Å²) in [6, 6.07) is 25.7. The molecule has 0 fully saturated rings. The highest BCUT2D eigenvalue weighted by Gasteiger charge is 2.46. The zero-order valence-corrected chi connectivity index (χ0v) is 77.0. The minimum Gasteiger partial charge on any atom is -0.507 e. The number of phenols is 1. The first-order valence-corrected chi connectivity index (χ1v) is 46.7. The number of rotatable bonds is 60. The molecule has 10 nitrogen and oxygen atoms in total. The van der Waals surface area contributed by atoms with Gasteiger partial charge in [0, 0.05) is 51.4 Å². The summed E-state index contributed by atoms with van der Waals surface area (Å²) in [4.78, 5) is 11.2. The maximum Gasteiger partial charge on any atom is 0.144 e. The van der Waals surface area contributed by atoms with Crippen molar-refractivity contribution in [3.63, 3.8) is 0 Å². The quantitative estimate of drug-likeness (QED) is 0.0199. The molecule has 0 saturated carbocycles. The van der Waals surface area contributed by atoms with E-state index in [-0.39, 0.29) is 27.4 Å². The van der Waals surface area contributed by atoms with Gasteiger partial charge in [0.2, 0.25) is 0 Å². The lowest BCUT2D eigenvalue weighted by Gasteiger charge is -2.37. The Morgan fingerprint density at radius 3 is 0.861 bits per heavy atom. The molecule has 5 aromatic carbocycles. The van der Waals surface area contributed by atoms with Crippen LogP contribution in [0, 0.1) is 0 Å². The van der Waals surface area contributed by atoms with Crippen LogP contribution in [0.15, 0.2) is 102 Å². The summed E-state index contributed by atoms with van der Waals surface area (Å²) in [6.45, 7) is 48.3. The molecule has 0 heterocycles. The van der Waals surface area contributed by atoms with E-state index in [2.05, 4.69) is 197 Å². The molecule has 115 heavy (non-hydrogen) atoms. The molecule has 0 bridgehead atoms. The third kappa shape index (κ3) is 32.9. The fraction of sp³-hybridized carbons (Fsp3) is 0.676. The van der Waals surface area contributed by atoms with Crippen molar-refractivity contribution in [1.29, 1.82) is 0 Å². The van der Waals surface area contributed by atoms with Gasteiger partial charge in [-0.15, -0.1) is 6.58 Å². The number of hydrogen-bond donors (Lipinski definition) is 3. The number of phenolic OH excluding ortho intramolecular Hbond substituents is 1. The van der Waals surface area contributed by atoms with Crippen LogP contribution in [0.3, 0.4) is 0 Å². The van der Waals surface area contributed by atoms with E-state index in [1.165, 1.54) is 109 Å². The monoisotopic (exact) mass is 1590 g/mol. The van der Waals surface area contributed by atoms with Crippen molar-refractivity contribution < 1.29 is 39.0 Å². The Morgan fingerprint density at radius 1 is 0.330 bits per heavy atom. The highest BCUT2D eigenvalue weighted by molar-refractivity contribution is 5.95. The molecule has 0 amide bonds. The van der Waals surface area contributed by atoms with E-state index in [9.17, 15) is 15.3 Å². The minimum absolute atomic E-state index is 0.00507. The second-order valence-corrected chi connectivity index (χ2v) is 37.9. The van der Waals surface area contributed by atoms with E-state index >= 15 is 0 Å². The van der Waals surface area contributed by atoms with E-state index in [0.29, 0.717) is 102 Å². The Hall–Kier alpha value is -6.10. The molecule has 2 atom stereocenters. The first kappa shape index (κ1) is 99.5. The second-order valence-electron chi connectivity index (χ2n) is 37.9. The molecule has 0 aliphatic carbocycles. The number of allylic oxidation sites excluding steroid dienone is 1. The largest absolute Gasteiger partial charge is 0.507 e. The fourth-order valence-electron chi connectivity index (χ4n) is 15.6. The molecule has 0 aliphatic heterocycles. The Balaban J connectivity index is 1.92. The van der Waals surface area contributed by atoms with Gasteiger partial charge in [0.1, 0.15) is 45.7 Å². The third-order valence-corrected chi connectivity index (χ3v) is 23.6. The number of unbranched alkanes of at least 4 members (excludes halogenated alkanes) is 32. The molecule has 0 aromatic heterocycles. The van der Waals surface area contributed by atoms with Crippen LogP contribution in [0.1, 0.15) is 437 Å². The van der Waals surface area contributed by atoms with Gasteiger partial charge >= 0.3 is 0 Å². The fourth-order valence-corrected chi connectivity index (χ4v) is 15.6.